The molecule has 1 unspecified atom stereocenters. The molecule has 0 saturated carbocycles. The lowest BCUT2D eigenvalue weighted by Gasteiger charge is -2.33. The number of fused-ring (bicyclic) bond motifs is 1. The Labute approximate surface area is 165 Å². The highest BCUT2D eigenvalue weighted by atomic mass is 16.5. The van der Waals surface area contributed by atoms with Gasteiger partial charge in [0.05, 0.1) is 6.04 Å². The molecule has 1 aliphatic carbocycles. The topological polar surface area (TPSA) is 49.9 Å². The van der Waals surface area contributed by atoms with Crippen molar-refractivity contribution in [2.45, 2.75) is 38.1 Å². The van der Waals surface area contributed by atoms with Crippen LogP contribution in [0.15, 0.2) is 48.5 Å². The first-order valence-corrected chi connectivity index (χ1v) is 10.00. The van der Waals surface area contributed by atoms with E-state index in [0.717, 1.165) is 37.9 Å². The molecule has 2 aromatic carbocycles. The van der Waals surface area contributed by atoms with E-state index < -0.39 is 0 Å². The maximum atomic E-state index is 12.7. The molecule has 0 bridgehead atoms. The number of amides is 2. The molecule has 0 N–H and O–H groups in total. The van der Waals surface area contributed by atoms with E-state index in [4.69, 9.17) is 4.74 Å². The van der Waals surface area contributed by atoms with Gasteiger partial charge in [0.2, 0.25) is 5.91 Å². The Morgan fingerprint density at radius 3 is 2.64 bits per heavy atom. The molecule has 1 aliphatic heterocycles. The van der Waals surface area contributed by atoms with Gasteiger partial charge in [-0.25, -0.2) is 0 Å². The Morgan fingerprint density at radius 2 is 1.89 bits per heavy atom. The highest BCUT2D eigenvalue weighted by molar-refractivity contribution is 5.95. The summed E-state index contributed by atoms with van der Waals surface area (Å²) in [6.07, 6.45) is 4.68. The van der Waals surface area contributed by atoms with Crippen molar-refractivity contribution in [1.82, 2.24) is 4.90 Å². The minimum absolute atomic E-state index is 0.0111. The largest absolute Gasteiger partial charge is 0.484 e. The minimum Gasteiger partial charge on any atom is -0.484 e. The average Bonchev–Trinajstić information content (AvgIpc) is 3.17. The number of aryl methyl sites for hydroxylation is 1. The van der Waals surface area contributed by atoms with Gasteiger partial charge in [0.1, 0.15) is 5.75 Å². The highest BCUT2D eigenvalue weighted by Gasteiger charge is 2.26. The zero-order valence-corrected chi connectivity index (χ0v) is 16.3. The molecule has 1 atom stereocenters. The first-order chi connectivity index (χ1) is 13.6. The fourth-order valence-electron chi connectivity index (χ4n) is 4.19. The third-order valence-corrected chi connectivity index (χ3v) is 5.78. The van der Waals surface area contributed by atoms with E-state index in [0.29, 0.717) is 12.2 Å². The second kappa shape index (κ2) is 8.05. The van der Waals surface area contributed by atoms with Crippen LogP contribution >= 0.6 is 0 Å². The first-order valence-electron chi connectivity index (χ1n) is 10.00. The van der Waals surface area contributed by atoms with Gasteiger partial charge in [-0.05, 0) is 61.1 Å². The smallest absolute Gasteiger partial charge is 0.260 e. The van der Waals surface area contributed by atoms with Crippen molar-refractivity contribution in [3.8, 4) is 5.75 Å². The van der Waals surface area contributed by atoms with Crippen molar-refractivity contribution in [2.24, 2.45) is 0 Å². The molecule has 2 amide bonds. The van der Waals surface area contributed by atoms with Crippen LogP contribution in [0.25, 0.3) is 0 Å². The predicted molar refractivity (Wildman–Crippen MR) is 108 cm³/mol. The summed E-state index contributed by atoms with van der Waals surface area (Å²) in [5.41, 5.74) is 3.48. The molecule has 0 radical (unpaired) electrons. The van der Waals surface area contributed by atoms with E-state index >= 15 is 0 Å². The summed E-state index contributed by atoms with van der Waals surface area (Å²) in [5.74, 6) is 0.778. The number of hydrogen-bond donors (Lipinski definition) is 0. The van der Waals surface area contributed by atoms with E-state index in [9.17, 15) is 9.59 Å². The van der Waals surface area contributed by atoms with Crippen molar-refractivity contribution in [1.29, 1.82) is 0 Å². The maximum absolute atomic E-state index is 12.7. The van der Waals surface area contributed by atoms with Crippen molar-refractivity contribution in [3.63, 3.8) is 0 Å². The molecular weight excluding hydrogens is 352 g/mol. The minimum atomic E-state index is -0.0273. The number of carbonyl (C=O) groups is 2. The van der Waals surface area contributed by atoms with Crippen molar-refractivity contribution >= 4 is 17.5 Å². The molecule has 0 aromatic heterocycles. The van der Waals surface area contributed by atoms with Crippen LogP contribution in [0.2, 0.25) is 0 Å². The molecule has 1 fully saturated rings. The number of hydrogen-bond acceptors (Lipinski definition) is 3. The SMILES string of the molecule is CN(C(=O)COc1ccc(N2CCCC2=O)cc1)C1CCCc2ccccc21. The van der Waals surface area contributed by atoms with E-state index in [-0.39, 0.29) is 24.5 Å². The second-order valence-electron chi connectivity index (χ2n) is 7.54. The lowest BCUT2D eigenvalue weighted by Crippen LogP contribution is -2.36. The molecule has 146 valence electrons. The van der Waals surface area contributed by atoms with E-state index in [2.05, 4.69) is 18.2 Å². The summed E-state index contributed by atoms with van der Waals surface area (Å²) in [6, 6.07) is 15.9. The van der Waals surface area contributed by atoms with Crippen LogP contribution in [0.1, 0.15) is 42.9 Å². The van der Waals surface area contributed by atoms with Crippen molar-refractivity contribution in [3.05, 3.63) is 59.7 Å². The highest BCUT2D eigenvalue weighted by Crippen LogP contribution is 2.33. The molecule has 5 nitrogen and oxygen atoms in total. The lowest BCUT2D eigenvalue weighted by atomic mass is 9.87. The van der Waals surface area contributed by atoms with Crippen LogP contribution in [0.5, 0.6) is 5.75 Å². The summed E-state index contributed by atoms with van der Waals surface area (Å²) in [4.78, 5) is 28.1. The maximum Gasteiger partial charge on any atom is 0.260 e. The summed E-state index contributed by atoms with van der Waals surface area (Å²) >= 11 is 0. The molecule has 4 rings (SSSR count). The second-order valence-corrected chi connectivity index (χ2v) is 7.54. The van der Waals surface area contributed by atoms with Gasteiger partial charge in [-0.15, -0.1) is 0 Å². The monoisotopic (exact) mass is 378 g/mol. The van der Waals surface area contributed by atoms with Crippen LogP contribution in [-0.2, 0) is 16.0 Å². The van der Waals surface area contributed by atoms with E-state index in [1.165, 1.54) is 11.1 Å². The predicted octanol–water partition coefficient (Wildman–Crippen LogP) is 3.73. The molecule has 5 heteroatoms. The Hall–Kier alpha value is -2.82. The fourth-order valence-corrected chi connectivity index (χ4v) is 4.19. The van der Waals surface area contributed by atoms with Crippen LogP contribution in [0.4, 0.5) is 5.69 Å². The standard InChI is InChI=1S/C23H26N2O3/c1-24(21-9-4-7-17-6-2-3-8-20(17)21)23(27)16-28-19-13-11-18(12-14-19)25-15-5-10-22(25)26/h2-3,6,8,11-14,21H,4-5,7,9-10,15-16H2,1H3. The summed E-state index contributed by atoms with van der Waals surface area (Å²) in [6.45, 7) is 0.780. The number of carbonyl (C=O) groups excluding carboxylic acids is 2. The van der Waals surface area contributed by atoms with Crippen molar-refractivity contribution in [2.75, 3.05) is 25.1 Å². The van der Waals surface area contributed by atoms with Gasteiger partial charge in [-0.2, -0.15) is 0 Å². The zero-order chi connectivity index (χ0) is 19.5. The fraction of sp³-hybridized carbons (Fsp3) is 0.391. The molecule has 1 heterocycles. The number of likely N-dealkylation sites (N-methyl/N-ethyl adjacent to an activating group) is 1. The van der Waals surface area contributed by atoms with Gasteiger partial charge in [0.15, 0.2) is 6.61 Å². The average molecular weight is 378 g/mol. The number of anilines is 1. The Bertz CT molecular complexity index is 862. The normalized spacial score (nSPS) is 18.7. The van der Waals surface area contributed by atoms with Crippen LogP contribution < -0.4 is 9.64 Å². The molecule has 2 aliphatic rings. The molecular formula is C23H26N2O3. The van der Waals surface area contributed by atoms with Gasteiger partial charge >= 0.3 is 0 Å². The quantitative estimate of drug-likeness (QED) is 0.797. The van der Waals surface area contributed by atoms with Gasteiger partial charge in [0, 0.05) is 25.7 Å². The first kappa shape index (κ1) is 18.5. The number of ether oxygens (including phenoxy) is 1. The van der Waals surface area contributed by atoms with Crippen molar-refractivity contribution < 1.29 is 14.3 Å². The van der Waals surface area contributed by atoms with Gasteiger partial charge < -0.3 is 14.5 Å². The third kappa shape index (κ3) is 3.75. The molecule has 0 spiro atoms. The zero-order valence-electron chi connectivity index (χ0n) is 16.3. The van der Waals surface area contributed by atoms with Gasteiger partial charge in [-0.3, -0.25) is 9.59 Å². The van der Waals surface area contributed by atoms with Crippen LogP contribution in [0.3, 0.4) is 0 Å². The molecule has 28 heavy (non-hydrogen) atoms. The summed E-state index contributed by atoms with van der Waals surface area (Å²) < 4.78 is 5.72. The molecule has 1 saturated heterocycles. The van der Waals surface area contributed by atoms with E-state index in [1.807, 2.05) is 42.3 Å². The van der Waals surface area contributed by atoms with Gasteiger partial charge in [-0.1, -0.05) is 24.3 Å². The summed E-state index contributed by atoms with van der Waals surface area (Å²) in [5, 5.41) is 0. The number of rotatable bonds is 5. The third-order valence-electron chi connectivity index (χ3n) is 5.78. The Morgan fingerprint density at radius 1 is 1.11 bits per heavy atom. The number of benzene rings is 2. The lowest BCUT2D eigenvalue weighted by molar-refractivity contribution is -0.134. The molecule has 2 aromatic rings. The Balaban J connectivity index is 1.36. The Kier molecular flexibility index (Phi) is 5.33. The van der Waals surface area contributed by atoms with Gasteiger partial charge in [0.25, 0.3) is 5.91 Å². The number of nitrogens with zero attached hydrogens (tertiary/aromatic N) is 2. The van der Waals surface area contributed by atoms with E-state index in [1.54, 1.807) is 4.90 Å². The van der Waals surface area contributed by atoms with Crippen LogP contribution in [0, 0.1) is 0 Å². The van der Waals surface area contributed by atoms with Crippen LogP contribution in [-0.4, -0.2) is 36.9 Å². The summed E-state index contributed by atoms with van der Waals surface area (Å²) in [7, 11) is 1.86.